The Morgan fingerprint density at radius 1 is 1.36 bits per heavy atom. The number of rotatable bonds is 3. The van der Waals surface area contributed by atoms with E-state index in [0.29, 0.717) is 28.0 Å². The third-order valence-electron chi connectivity index (χ3n) is 4.00. The van der Waals surface area contributed by atoms with Crippen molar-refractivity contribution in [3.05, 3.63) is 46.0 Å². The summed E-state index contributed by atoms with van der Waals surface area (Å²) < 4.78 is 20.8. The standard InChI is InChI=1S/C16H13BrFN5O2/c1-8(18)14-19-20-15(25-14)9-3-4-10-6-23(16(24)11(10)5-9)12-7-22(2)21-13(12)17/h3-5,7-8H,6H2,1-2H3. The van der Waals surface area contributed by atoms with Gasteiger partial charge in [-0.3, -0.25) is 14.4 Å². The number of nitrogens with zero attached hydrogens (tertiary/aromatic N) is 5. The van der Waals surface area contributed by atoms with Crippen LogP contribution in [0.4, 0.5) is 10.1 Å². The van der Waals surface area contributed by atoms with E-state index in [4.69, 9.17) is 4.42 Å². The molecule has 0 N–H and O–H groups in total. The number of halogens is 2. The van der Waals surface area contributed by atoms with Crippen molar-refractivity contribution in [2.24, 2.45) is 7.05 Å². The fraction of sp³-hybridized carbons (Fsp3) is 0.250. The summed E-state index contributed by atoms with van der Waals surface area (Å²) in [5.41, 5.74) is 2.74. The van der Waals surface area contributed by atoms with Gasteiger partial charge in [-0.05, 0) is 40.5 Å². The van der Waals surface area contributed by atoms with Gasteiger partial charge >= 0.3 is 0 Å². The molecular formula is C16H13BrFN5O2. The summed E-state index contributed by atoms with van der Waals surface area (Å²) in [5, 5.41) is 11.7. The molecule has 7 nitrogen and oxygen atoms in total. The van der Waals surface area contributed by atoms with Crippen LogP contribution < -0.4 is 4.90 Å². The maximum Gasteiger partial charge on any atom is 0.259 e. The van der Waals surface area contributed by atoms with Crippen LogP contribution >= 0.6 is 15.9 Å². The van der Waals surface area contributed by atoms with Crippen LogP contribution in [0.15, 0.2) is 33.4 Å². The number of hydrogen-bond acceptors (Lipinski definition) is 5. The van der Waals surface area contributed by atoms with Gasteiger partial charge in [0.2, 0.25) is 5.89 Å². The topological polar surface area (TPSA) is 77.1 Å². The van der Waals surface area contributed by atoms with Crippen LogP contribution in [0.3, 0.4) is 0 Å². The van der Waals surface area contributed by atoms with E-state index in [-0.39, 0.29) is 17.7 Å². The smallest absolute Gasteiger partial charge is 0.259 e. The molecule has 0 radical (unpaired) electrons. The van der Waals surface area contributed by atoms with Crippen LogP contribution in [0, 0.1) is 0 Å². The molecule has 3 heterocycles. The fourth-order valence-corrected chi connectivity index (χ4v) is 3.34. The molecule has 0 bridgehead atoms. The molecule has 1 aromatic carbocycles. The second-order valence-electron chi connectivity index (χ2n) is 5.80. The maximum atomic E-state index is 13.3. The Bertz CT molecular complexity index is 981. The fourth-order valence-electron chi connectivity index (χ4n) is 2.77. The van der Waals surface area contributed by atoms with E-state index in [9.17, 15) is 9.18 Å². The van der Waals surface area contributed by atoms with E-state index in [1.807, 2.05) is 6.07 Å². The van der Waals surface area contributed by atoms with Crippen LogP contribution in [0.25, 0.3) is 11.5 Å². The molecule has 0 spiro atoms. The van der Waals surface area contributed by atoms with E-state index >= 15 is 0 Å². The summed E-state index contributed by atoms with van der Waals surface area (Å²) in [6.07, 6.45) is 0.442. The Hall–Kier alpha value is -2.55. The van der Waals surface area contributed by atoms with Gasteiger partial charge in [0.25, 0.3) is 11.8 Å². The van der Waals surface area contributed by atoms with Crippen molar-refractivity contribution >= 4 is 27.5 Å². The third kappa shape index (κ3) is 2.64. The maximum absolute atomic E-state index is 13.3. The number of carbonyl (C=O) groups is 1. The van der Waals surface area contributed by atoms with Crippen molar-refractivity contribution in [3.63, 3.8) is 0 Å². The van der Waals surface area contributed by atoms with E-state index in [2.05, 4.69) is 31.2 Å². The van der Waals surface area contributed by atoms with Crippen molar-refractivity contribution in [3.8, 4) is 11.5 Å². The Morgan fingerprint density at radius 2 is 2.16 bits per heavy atom. The number of amides is 1. The molecule has 4 rings (SSSR count). The lowest BCUT2D eigenvalue weighted by Crippen LogP contribution is -2.22. The molecule has 1 amide bonds. The predicted octanol–water partition coefficient (Wildman–Crippen LogP) is 3.42. The Labute approximate surface area is 150 Å². The van der Waals surface area contributed by atoms with Crippen LogP contribution in [-0.4, -0.2) is 25.9 Å². The highest BCUT2D eigenvalue weighted by atomic mass is 79.9. The lowest BCUT2D eigenvalue weighted by atomic mass is 10.1. The summed E-state index contributed by atoms with van der Waals surface area (Å²) in [5.74, 6) is -0.0250. The van der Waals surface area contributed by atoms with Gasteiger partial charge in [-0.1, -0.05) is 6.07 Å². The Balaban J connectivity index is 1.69. The van der Waals surface area contributed by atoms with Gasteiger partial charge in [0, 0.05) is 24.4 Å². The zero-order valence-electron chi connectivity index (χ0n) is 13.4. The van der Waals surface area contributed by atoms with Gasteiger partial charge in [0.1, 0.15) is 0 Å². The first-order valence-electron chi connectivity index (χ1n) is 7.56. The van der Waals surface area contributed by atoms with Crippen molar-refractivity contribution in [2.75, 3.05) is 4.90 Å². The molecule has 2 aromatic heterocycles. The monoisotopic (exact) mass is 405 g/mol. The van der Waals surface area contributed by atoms with Gasteiger partial charge < -0.3 is 4.42 Å². The quantitative estimate of drug-likeness (QED) is 0.666. The second-order valence-corrected chi connectivity index (χ2v) is 6.55. The summed E-state index contributed by atoms with van der Waals surface area (Å²) in [7, 11) is 1.79. The molecule has 1 unspecified atom stereocenters. The minimum Gasteiger partial charge on any atom is -0.418 e. The number of benzene rings is 1. The largest absolute Gasteiger partial charge is 0.418 e. The van der Waals surface area contributed by atoms with Gasteiger partial charge in [0.15, 0.2) is 10.8 Å². The predicted molar refractivity (Wildman–Crippen MR) is 90.7 cm³/mol. The normalized spacial score (nSPS) is 14.9. The average Bonchev–Trinajstić information content (AvgIpc) is 3.25. The molecule has 9 heteroatoms. The van der Waals surface area contributed by atoms with E-state index in [0.717, 1.165) is 5.56 Å². The molecule has 25 heavy (non-hydrogen) atoms. The summed E-state index contributed by atoms with van der Waals surface area (Å²) in [4.78, 5) is 14.4. The SMILES string of the molecule is CC(F)c1nnc(-c2ccc3c(c2)C(=O)N(c2cn(C)nc2Br)C3)o1. The highest BCUT2D eigenvalue weighted by molar-refractivity contribution is 9.10. The number of aromatic nitrogens is 4. The molecule has 0 aliphatic carbocycles. The minimum absolute atomic E-state index is 0.0808. The van der Waals surface area contributed by atoms with E-state index in [1.54, 1.807) is 35.0 Å². The molecule has 1 atom stereocenters. The van der Waals surface area contributed by atoms with Gasteiger partial charge in [-0.25, -0.2) is 4.39 Å². The average molecular weight is 406 g/mol. The molecule has 3 aromatic rings. The lowest BCUT2D eigenvalue weighted by Gasteiger charge is -2.13. The Kier molecular flexibility index (Phi) is 3.68. The molecule has 0 saturated carbocycles. The van der Waals surface area contributed by atoms with Crippen LogP contribution in [0.1, 0.15) is 34.9 Å². The summed E-state index contributed by atoms with van der Waals surface area (Å²) in [6.45, 7) is 1.78. The van der Waals surface area contributed by atoms with Gasteiger partial charge in [-0.15, -0.1) is 10.2 Å². The van der Waals surface area contributed by atoms with Crippen molar-refractivity contribution < 1.29 is 13.6 Å². The summed E-state index contributed by atoms with van der Waals surface area (Å²) in [6, 6.07) is 5.33. The third-order valence-corrected chi connectivity index (χ3v) is 4.56. The van der Waals surface area contributed by atoms with Crippen molar-refractivity contribution in [1.29, 1.82) is 0 Å². The molecule has 0 fully saturated rings. The van der Waals surface area contributed by atoms with Gasteiger partial charge in [-0.2, -0.15) is 5.10 Å². The van der Waals surface area contributed by atoms with E-state index < -0.39 is 6.17 Å². The molecule has 1 aliphatic heterocycles. The number of alkyl halides is 1. The minimum atomic E-state index is -1.34. The van der Waals surface area contributed by atoms with Crippen LogP contribution in [-0.2, 0) is 13.6 Å². The highest BCUT2D eigenvalue weighted by Crippen LogP contribution is 2.34. The first-order chi connectivity index (χ1) is 11.9. The first kappa shape index (κ1) is 15.9. The molecule has 128 valence electrons. The number of aryl methyl sites for hydroxylation is 1. The molecular weight excluding hydrogens is 393 g/mol. The number of carbonyl (C=O) groups excluding carboxylic acids is 1. The van der Waals surface area contributed by atoms with Crippen LogP contribution in [0.5, 0.6) is 0 Å². The molecule has 0 saturated heterocycles. The van der Waals surface area contributed by atoms with Crippen LogP contribution in [0.2, 0.25) is 0 Å². The Morgan fingerprint density at radius 3 is 2.80 bits per heavy atom. The van der Waals surface area contributed by atoms with Crippen molar-refractivity contribution in [2.45, 2.75) is 19.6 Å². The van der Waals surface area contributed by atoms with Crippen molar-refractivity contribution in [1.82, 2.24) is 20.0 Å². The number of fused-ring (bicyclic) bond motifs is 1. The highest BCUT2D eigenvalue weighted by Gasteiger charge is 2.31. The zero-order valence-corrected chi connectivity index (χ0v) is 15.0. The second kappa shape index (κ2) is 5.76. The first-order valence-corrected chi connectivity index (χ1v) is 8.35. The summed E-state index contributed by atoms with van der Waals surface area (Å²) >= 11 is 3.37. The molecule has 1 aliphatic rings. The van der Waals surface area contributed by atoms with Gasteiger partial charge in [0.05, 0.1) is 12.2 Å². The van der Waals surface area contributed by atoms with E-state index in [1.165, 1.54) is 6.92 Å². The number of anilines is 1. The number of hydrogen-bond donors (Lipinski definition) is 0. The zero-order chi connectivity index (χ0) is 17.7. The lowest BCUT2D eigenvalue weighted by molar-refractivity contribution is 0.0996.